The number of hydrogen-bond acceptors (Lipinski definition) is 4. The summed E-state index contributed by atoms with van der Waals surface area (Å²) in [5, 5.41) is 3.16. The average molecular weight is 223 g/mol. The van der Waals surface area contributed by atoms with Gasteiger partial charge in [0.25, 0.3) is 0 Å². The lowest BCUT2D eigenvalue weighted by Crippen LogP contribution is -2.24. The second kappa shape index (κ2) is 6.81. The van der Waals surface area contributed by atoms with Gasteiger partial charge in [0.1, 0.15) is 6.61 Å². The summed E-state index contributed by atoms with van der Waals surface area (Å²) in [6.45, 7) is 1.76. The Labute approximate surface area is 94.8 Å². The maximum Gasteiger partial charge on any atom is 0.243 e. The van der Waals surface area contributed by atoms with Crippen molar-refractivity contribution < 1.29 is 9.53 Å². The third-order valence-electron chi connectivity index (χ3n) is 2.04. The van der Waals surface area contributed by atoms with Crippen LogP contribution in [0.2, 0.25) is 0 Å². The van der Waals surface area contributed by atoms with Crippen molar-refractivity contribution in [2.24, 2.45) is 5.73 Å². The van der Waals surface area contributed by atoms with E-state index in [1.165, 1.54) is 0 Å². The number of nitrogens with two attached hydrogens (primary N) is 2. The fourth-order valence-corrected chi connectivity index (χ4v) is 1.24. The molecule has 0 aliphatic rings. The van der Waals surface area contributed by atoms with Crippen molar-refractivity contribution in [3.63, 3.8) is 0 Å². The summed E-state index contributed by atoms with van der Waals surface area (Å²) in [4.78, 5) is 10.4. The number of para-hydroxylation sites is 1. The van der Waals surface area contributed by atoms with E-state index in [4.69, 9.17) is 16.2 Å². The number of amides is 1. The Hall–Kier alpha value is -1.59. The first-order valence-corrected chi connectivity index (χ1v) is 5.10. The van der Waals surface area contributed by atoms with Gasteiger partial charge in [0.2, 0.25) is 5.91 Å². The summed E-state index contributed by atoms with van der Waals surface area (Å²) in [7, 11) is 0. The van der Waals surface area contributed by atoms with Gasteiger partial charge in [0.05, 0.1) is 6.61 Å². The van der Waals surface area contributed by atoms with E-state index in [9.17, 15) is 4.79 Å². The molecule has 0 spiro atoms. The molecule has 5 nitrogen and oxygen atoms in total. The second-order valence-electron chi connectivity index (χ2n) is 3.39. The van der Waals surface area contributed by atoms with Crippen molar-refractivity contribution in [2.45, 2.75) is 6.54 Å². The van der Waals surface area contributed by atoms with E-state index in [-0.39, 0.29) is 6.61 Å². The highest BCUT2D eigenvalue weighted by Crippen LogP contribution is 2.09. The van der Waals surface area contributed by atoms with Gasteiger partial charge < -0.3 is 21.5 Å². The summed E-state index contributed by atoms with van der Waals surface area (Å²) < 4.78 is 4.99. The van der Waals surface area contributed by atoms with E-state index in [2.05, 4.69) is 5.32 Å². The van der Waals surface area contributed by atoms with E-state index in [0.717, 1.165) is 11.3 Å². The summed E-state index contributed by atoms with van der Waals surface area (Å²) in [5.41, 5.74) is 12.5. The molecule has 0 unspecified atom stereocenters. The number of primary amides is 1. The third-order valence-corrected chi connectivity index (χ3v) is 2.04. The molecule has 1 aromatic rings. The molecular formula is C11H17N3O2. The van der Waals surface area contributed by atoms with Crippen LogP contribution in [0.4, 0.5) is 5.69 Å². The summed E-state index contributed by atoms with van der Waals surface area (Å²) in [5.74, 6) is -0.452. The van der Waals surface area contributed by atoms with Crippen molar-refractivity contribution in [1.29, 1.82) is 0 Å². The fourth-order valence-electron chi connectivity index (χ4n) is 1.24. The lowest BCUT2D eigenvalue weighted by molar-refractivity contribution is -0.122. The first-order valence-electron chi connectivity index (χ1n) is 5.10. The molecule has 0 saturated carbocycles. The minimum atomic E-state index is -0.452. The van der Waals surface area contributed by atoms with E-state index < -0.39 is 5.91 Å². The van der Waals surface area contributed by atoms with Crippen molar-refractivity contribution in [3.05, 3.63) is 29.8 Å². The molecule has 0 fully saturated rings. The molecule has 0 atom stereocenters. The highest BCUT2D eigenvalue weighted by molar-refractivity contribution is 5.74. The van der Waals surface area contributed by atoms with Gasteiger partial charge in [-0.2, -0.15) is 0 Å². The third kappa shape index (κ3) is 4.77. The molecule has 0 radical (unpaired) electrons. The molecule has 1 amide bonds. The van der Waals surface area contributed by atoms with Gasteiger partial charge in [-0.25, -0.2) is 0 Å². The Bertz CT molecular complexity index is 342. The Kier molecular flexibility index (Phi) is 5.31. The molecule has 0 heterocycles. The van der Waals surface area contributed by atoms with Crippen LogP contribution in [0.5, 0.6) is 0 Å². The Balaban J connectivity index is 2.12. The average Bonchev–Trinajstić information content (AvgIpc) is 2.25. The highest BCUT2D eigenvalue weighted by Gasteiger charge is 1.97. The monoisotopic (exact) mass is 223 g/mol. The van der Waals surface area contributed by atoms with Crippen molar-refractivity contribution in [3.8, 4) is 0 Å². The minimum absolute atomic E-state index is 0.0326. The fraction of sp³-hybridized carbons (Fsp3) is 0.364. The summed E-state index contributed by atoms with van der Waals surface area (Å²) in [6, 6.07) is 7.67. The quantitative estimate of drug-likeness (QED) is 0.443. The number of hydrogen-bond donors (Lipinski definition) is 3. The van der Waals surface area contributed by atoms with Gasteiger partial charge >= 0.3 is 0 Å². The lowest BCUT2D eigenvalue weighted by atomic mass is 10.2. The van der Waals surface area contributed by atoms with Crippen molar-refractivity contribution in [2.75, 3.05) is 25.5 Å². The molecule has 5 heteroatoms. The van der Waals surface area contributed by atoms with E-state index in [0.29, 0.717) is 19.7 Å². The number of benzene rings is 1. The predicted molar refractivity (Wildman–Crippen MR) is 62.6 cm³/mol. The molecule has 5 N–H and O–H groups in total. The molecule has 88 valence electrons. The van der Waals surface area contributed by atoms with Gasteiger partial charge in [-0.05, 0) is 11.6 Å². The number of anilines is 1. The molecule has 0 aliphatic heterocycles. The van der Waals surface area contributed by atoms with E-state index >= 15 is 0 Å². The first-order chi connectivity index (χ1) is 7.70. The SMILES string of the molecule is NC(=O)COCCNCc1ccccc1N. The summed E-state index contributed by atoms with van der Waals surface area (Å²) in [6.07, 6.45) is 0. The van der Waals surface area contributed by atoms with Crippen LogP contribution < -0.4 is 16.8 Å². The van der Waals surface area contributed by atoms with Crippen LogP contribution in [-0.2, 0) is 16.1 Å². The number of carbonyl (C=O) groups is 1. The zero-order valence-electron chi connectivity index (χ0n) is 9.11. The van der Waals surface area contributed by atoms with Crippen LogP contribution in [0.3, 0.4) is 0 Å². The Morgan fingerprint density at radius 3 is 2.81 bits per heavy atom. The Morgan fingerprint density at radius 1 is 1.38 bits per heavy atom. The molecule has 0 saturated heterocycles. The topological polar surface area (TPSA) is 90.4 Å². The van der Waals surface area contributed by atoms with Gasteiger partial charge in [-0.15, -0.1) is 0 Å². The molecular weight excluding hydrogens is 206 g/mol. The van der Waals surface area contributed by atoms with Crippen LogP contribution in [0, 0.1) is 0 Å². The molecule has 0 bridgehead atoms. The van der Waals surface area contributed by atoms with E-state index in [1.54, 1.807) is 0 Å². The Morgan fingerprint density at radius 2 is 2.12 bits per heavy atom. The molecule has 0 aliphatic carbocycles. The maximum absolute atomic E-state index is 10.4. The van der Waals surface area contributed by atoms with E-state index in [1.807, 2.05) is 24.3 Å². The van der Waals surface area contributed by atoms with Crippen molar-refractivity contribution >= 4 is 11.6 Å². The van der Waals surface area contributed by atoms with Crippen LogP contribution >= 0.6 is 0 Å². The zero-order chi connectivity index (χ0) is 11.8. The van der Waals surface area contributed by atoms with Crippen LogP contribution in [0.1, 0.15) is 5.56 Å². The number of nitrogens with one attached hydrogen (secondary N) is 1. The highest BCUT2D eigenvalue weighted by atomic mass is 16.5. The normalized spacial score (nSPS) is 10.2. The summed E-state index contributed by atoms with van der Waals surface area (Å²) >= 11 is 0. The molecule has 1 aromatic carbocycles. The molecule has 16 heavy (non-hydrogen) atoms. The molecule has 0 aromatic heterocycles. The van der Waals surface area contributed by atoms with Crippen LogP contribution in [-0.4, -0.2) is 25.7 Å². The smallest absolute Gasteiger partial charge is 0.243 e. The van der Waals surface area contributed by atoms with Gasteiger partial charge in [-0.1, -0.05) is 18.2 Å². The zero-order valence-corrected chi connectivity index (χ0v) is 9.11. The lowest BCUT2D eigenvalue weighted by Gasteiger charge is -2.07. The molecule has 1 rings (SSSR count). The standard InChI is InChI=1S/C11H17N3O2/c12-10-4-2-1-3-9(10)7-14-5-6-16-8-11(13)15/h1-4,14H,5-8,12H2,(H2,13,15). The van der Waals surface area contributed by atoms with Gasteiger partial charge in [-0.3, -0.25) is 4.79 Å². The van der Waals surface area contributed by atoms with Crippen LogP contribution in [0.15, 0.2) is 24.3 Å². The first kappa shape index (κ1) is 12.5. The van der Waals surface area contributed by atoms with Crippen molar-refractivity contribution in [1.82, 2.24) is 5.32 Å². The largest absolute Gasteiger partial charge is 0.398 e. The number of carbonyl (C=O) groups excluding carboxylic acids is 1. The number of rotatable bonds is 7. The number of ether oxygens (including phenoxy) is 1. The second-order valence-corrected chi connectivity index (χ2v) is 3.39. The minimum Gasteiger partial charge on any atom is -0.398 e. The van der Waals surface area contributed by atoms with Gasteiger partial charge in [0.15, 0.2) is 0 Å². The van der Waals surface area contributed by atoms with Gasteiger partial charge in [0, 0.05) is 18.8 Å². The predicted octanol–water partition coefficient (Wildman–Crippen LogP) is -0.140. The van der Waals surface area contributed by atoms with Crippen LogP contribution in [0.25, 0.3) is 0 Å². The number of nitrogen functional groups attached to an aromatic ring is 1. The maximum atomic E-state index is 10.4.